The van der Waals surface area contributed by atoms with Gasteiger partial charge in [0.2, 0.25) is 5.91 Å². The van der Waals surface area contributed by atoms with E-state index in [9.17, 15) is 14.4 Å². The van der Waals surface area contributed by atoms with Crippen LogP contribution in [0.1, 0.15) is 49.0 Å². The van der Waals surface area contributed by atoms with Crippen molar-refractivity contribution in [3.63, 3.8) is 0 Å². The van der Waals surface area contributed by atoms with Gasteiger partial charge in [0.05, 0.1) is 11.4 Å². The number of thioether (sulfide) groups is 1. The van der Waals surface area contributed by atoms with Crippen molar-refractivity contribution in [3.05, 3.63) is 10.8 Å². The molecule has 15 heteroatoms. The molecule has 1 saturated heterocycles. The van der Waals surface area contributed by atoms with E-state index in [-0.39, 0.29) is 45.7 Å². The number of aliphatic imine (C=N–C) groups is 1. The third-order valence-corrected chi connectivity index (χ3v) is 6.95. The van der Waals surface area contributed by atoms with E-state index in [0.717, 1.165) is 63.5 Å². The first-order valence-corrected chi connectivity index (χ1v) is 13.4. The molecule has 2 amide bonds. The average Bonchev–Trinajstić information content (AvgIpc) is 2.88. The lowest BCUT2D eigenvalue weighted by atomic mass is 10.1. The van der Waals surface area contributed by atoms with Crippen LogP contribution in [0, 0.1) is 0 Å². The van der Waals surface area contributed by atoms with Crippen LogP contribution in [0.5, 0.6) is 0 Å². The number of hydrogen-bond donors (Lipinski definition) is 5. The molecule has 13 nitrogen and oxygen atoms in total. The van der Waals surface area contributed by atoms with Crippen molar-refractivity contribution in [1.82, 2.24) is 25.5 Å². The first-order chi connectivity index (χ1) is 17.7. The molecule has 1 fully saturated rings. The fraction of sp³-hybridized carbons (Fsp3) is 0.636. The number of unbranched alkanes of at least 4 members (excludes halogenated alkanes) is 1. The number of ether oxygens (including phenoxy) is 1. The highest BCUT2D eigenvalue weighted by Gasteiger charge is 2.21. The molecule has 2 heterocycles. The summed E-state index contributed by atoms with van der Waals surface area (Å²) in [7, 11) is 1.57. The Labute approximate surface area is 225 Å². The Balaban J connectivity index is 1.58. The smallest absolute Gasteiger partial charge is 0.280 e. The molecule has 1 aromatic heterocycles. The lowest BCUT2D eigenvalue weighted by molar-refractivity contribution is -0.120. The molecule has 37 heavy (non-hydrogen) atoms. The summed E-state index contributed by atoms with van der Waals surface area (Å²) in [5.74, 6) is -1.04. The zero-order chi connectivity index (χ0) is 27.2. The summed E-state index contributed by atoms with van der Waals surface area (Å²) >= 11 is 6.79. The fourth-order valence-electron chi connectivity index (χ4n) is 3.78. The van der Waals surface area contributed by atoms with E-state index >= 15 is 0 Å². The van der Waals surface area contributed by atoms with Gasteiger partial charge in [0.1, 0.15) is 0 Å². The Kier molecular flexibility index (Phi) is 13.4. The average molecular weight is 558 g/mol. The molecule has 0 bridgehead atoms. The van der Waals surface area contributed by atoms with Crippen LogP contribution in [0.4, 0.5) is 11.6 Å². The molecule has 1 aliphatic heterocycles. The van der Waals surface area contributed by atoms with Gasteiger partial charge < -0.3 is 32.2 Å². The predicted octanol–water partition coefficient (Wildman–Crippen LogP) is 0.418. The van der Waals surface area contributed by atoms with Gasteiger partial charge in [0, 0.05) is 33.3 Å². The Bertz CT molecular complexity index is 945. The zero-order valence-electron chi connectivity index (χ0n) is 21.0. The van der Waals surface area contributed by atoms with Crippen molar-refractivity contribution in [2.45, 2.75) is 49.9 Å². The molecule has 0 saturated carbocycles. The van der Waals surface area contributed by atoms with E-state index in [1.165, 1.54) is 0 Å². The summed E-state index contributed by atoms with van der Waals surface area (Å²) in [6, 6.07) is 0. The van der Waals surface area contributed by atoms with Crippen molar-refractivity contribution in [3.8, 4) is 0 Å². The van der Waals surface area contributed by atoms with Crippen LogP contribution in [0.3, 0.4) is 0 Å². The molecule has 2 rings (SSSR count). The number of likely N-dealkylation sites (tertiary alicyclic amines) is 1. The van der Waals surface area contributed by atoms with E-state index < -0.39 is 5.91 Å². The van der Waals surface area contributed by atoms with Gasteiger partial charge in [-0.1, -0.05) is 23.4 Å². The second-order valence-corrected chi connectivity index (χ2v) is 9.84. The van der Waals surface area contributed by atoms with E-state index in [2.05, 4.69) is 30.5 Å². The SMILES string of the molecule is CNC(=O)C(CCCOC1CCN(CCCCN=C(N)NC(=O)c2nc(Cl)c(N)nc2N)CC1)SC=O. The number of aromatic nitrogens is 2. The molecular weight excluding hydrogens is 522 g/mol. The minimum Gasteiger partial charge on any atom is -0.382 e. The fourth-order valence-corrected chi connectivity index (χ4v) is 4.58. The molecule has 0 aliphatic carbocycles. The first kappa shape index (κ1) is 30.5. The van der Waals surface area contributed by atoms with Gasteiger partial charge in [-0.3, -0.25) is 24.7 Å². The molecule has 206 valence electrons. The van der Waals surface area contributed by atoms with Crippen LogP contribution in [0.25, 0.3) is 0 Å². The normalized spacial score (nSPS) is 15.8. The second kappa shape index (κ2) is 16.2. The van der Waals surface area contributed by atoms with Gasteiger partial charge >= 0.3 is 0 Å². The topological polar surface area (TPSA) is 204 Å². The van der Waals surface area contributed by atoms with Crippen LogP contribution in [-0.4, -0.2) is 89.4 Å². The van der Waals surface area contributed by atoms with Gasteiger partial charge in [0.15, 0.2) is 34.1 Å². The maximum absolute atomic E-state index is 12.2. The van der Waals surface area contributed by atoms with Crippen molar-refractivity contribution in [1.29, 1.82) is 0 Å². The molecule has 0 spiro atoms. The number of nitrogens with two attached hydrogens (primary N) is 3. The summed E-state index contributed by atoms with van der Waals surface area (Å²) in [6.45, 7) is 3.91. The van der Waals surface area contributed by atoms with Gasteiger partial charge in [-0.05, 0) is 45.1 Å². The van der Waals surface area contributed by atoms with Gasteiger partial charge in [-0.2, -0.15) is 0 Å². The van der Waals surface area contributed by atoms with Crippen LogP contribution in [0.2, 0.25) is 5.15 Å². The number of nitrogen functional groups attached to an aromatic ring is 2. The summed E-state index contributed by atoms with van der Waals surface area (Å²) in [5.41, 5.74) is 17.5. The molecule has 1 aromatic rings. The number of guanidine groups is 1. The van der Waals surface area contributed by atoms with E-state index in [0.29, 0.717) is 25.2 Å². The summed E-state index contributed by atoms with van der Waals surface area (Å²) < 4.78 is 5.97. The number of piperidine rings is 1. The van der Waals surface area contributed by atoms with Crippen molar-refractivity contribution >= 4 is 58.4 Å². The standard InChI is InChI=1S/C22H36ClN9O4S/c1-27-20(34)15(37-13-33)5-4-12-36-14-6-10-32(11-7-14)9-3-2-8-28-22(26)31-21(35)16-18(24)30-19(25)17(23)29-16/h13-15H,2-12H2,1H3,(H,27,34)(H4,24,25,30)(H3,26,28,31,35). The number of rotatable bonds is 14. The van der Waals surface area contributed by atoms with Crippen LogP contribution in [-0.2, 0) is 14.3 Å². The van der Waals surface area contributed by atoms with E-state index in [4.69, 9.17) is 33.5 Å². The Morgan fingerprint density at radius 3 is 2.65 bits per heavy atom. The highest BCUT2D eigenvalue weighted by Crippen LogP contribution is 2.18. The maximum atomic E-state index is 12.2. The number of carbonyl (C=O) groups is 3. The summed E-state index contributed by atoms with van der Waals surface area (Å²) in [4.78, 5) is 48.8. The molecule has 1 aliphatic rings. The number of nitrogens with one attached hydrogen (secondary N) is 2. The molecule has 0 radical (unpaired) electrons. The monoisotopic (exact) mass is 557 g/mol. The number of hydrogen-bond acceptors (Lipinski definition) is 11. The Morgan fingerprint density at radius 2 is 1.97 bits per heavy atom. The van der Waals surface area contributed by atoms with Gasteiger partial charge in [-0.25, -0.2) is 9.97 Å². The first-order valence-electron chi connectivity index (χ1n) is 12.1. The number of anilines is 2. The van der Waals surface area contributed by atoms with E-state index in [1.54, 1.807) is 7.05 Å². The number of amides is 2. The molecule has 0 aromatic carbocycles. The largest absolute Gasteiger partial charge is 0.382 e. The minimum absolute atomic E-state index is 0.0384. The molecule has 8 N–H and O–H groups in total. The predicted molar refractivity (Wildman–Crippen MR) is 146 cm³/mol. The van der Waals surface area contributed by atoms with Crippen LogP contribution >= 0.6 is 23.4 Å². The number of halogens is 1. The minimum atomic E-state index is -0.663. The highest BCUT2D eigenvalue weighted by molar-refractivity contribution is 8.13. The zero-order valence-corrected chi connectivity index (χ0v) is 22.5. The van der Waals surface area contributed by atoms with Gasteiger partial charge in [0.25, 0.3) is 5.91 Å². The molecule has 1 atom stereocenters. The van der Waals surface area contributed by atoms with Crippen LogP contribution in [0.15, 0.2) is 4.99 Å². The summed E-state index contributed by atoms with van der Waals surface area (Å²) in [6.07, 6.45) is 5.23. The lowest BCUT2D eigenvalue weighted by Gasteiger charge is -2.32. The Hall–Kier alpha value is -2.68. The summed E-state index contributed by atoms with van der Waals surface area (Å²) in [5, 5.41) is 4.52. The molecular formula is C22H36ClN9O4S. The lowest BCUT2D eigenvalue weighted by Crippen LogP contribution is -2.38. The third kappa shape index (κ3) is 10.7. The third-order valence-electron chi connectivity index (χ3n) is 5.78. The quantitative estimate of drug-likeness (QED) is 0.0916. The van der Waals surface area contributed by atoms with Crippen LogP contribution < -0.4 is 27.8 Å². The van der Waals surface area contributed by atoms with Crippen molar-refractivity contribution in [2.75, 3.05) is 51.3 Å². The maximum Gasteiger partial charge on any atom is 0.280 e. The Morgan fingerprint density at radius 1 is 1.24 bits per heavy atom. The molecule has 1 unspecified atom stereocenters. The number of carbonyl (C=O) groups excluding carboxylic acids is 3. The van der Waals surface area contributed by atoms with Crippen molar-refractivity contribution < 1.29 is 19.1 Å². The van der Waals surface area contributed by atoms with Crippen molar-refractivity contribution in [2.24, 2.45) is 10.7 Å². The highest BCUT2D eigenvalue weighted by atomic mass is 35.5. The van der Waals surface area contributed by atoms with Gasteiger partial charge in [-0.15, -0.1) is 0 Å². The van der Waals surface area contributed by atoms with E-state index in [1.807, 2.05) is 0 Å². The second-order valence-electron chi connectivity index (χ2n) is 8.45. The number of nitrogens with zero attached hydrogens (tertiary/aromatic N) is 4.